The highest BCUT2D eigenvalue weighted by molar-refractivity contribution is 7.20. The van der Waals surface area contributed by atoms with Crippen LogP contribution in [0, 0.1) is 0 Å². The molecule has 0 unspecified atom stereocenters. The van der Waals surface area contributed by atoms with E-state index in [9.17, 15) is 0 Å². The molecule has 2 nitrogen and oxygen atoms in total. The quantitative estimate of drug-likeness (QED) is 0.0865. The van der Waals surface area contributed by atoms with E-state index in [-0.39, 0.29) is 0 Å². The van der Waals surface area contributed by atoms with Crippen LogP contribution >= 0.6 is 0 Å². The molecule has 0 N–H and O–H groups in total. The van der Waals surface area contributed by atoms with Gasteiger partial charge in [-0.2, -0.15) is 0 Å². The predicted molar refractivity (Wildman–Crippen MR) is 259 cm³/mol. The Morgan fingerprint density at radius 1 is 0.271 bits per heavy atom. The van der Waals surface area contributed by atoms with E-state index < -0.39 is 16.1 Å². The minimum atomic E-state index is -2.85. The second kappa shape index (κ2) is 12.6. The minimum absolute atomic E-state index is 1.18. The molecule has 0 aliphatic carbocycles. The molecule has 0 saturated heterocycles. The van der Waals surface area contributed by atoms with Gasteiger partial charge < -0.3 is 9.13 Å². The summed E-state index contributed by atoms with van der Waals surface area (Å²) >= 11 is 0. The topological polar surface area (TPSA) is 9.86 Å². The van der Waals surface area contributed by atoms with Crippen LogP contribution in [0.5, 0.6) is 0 Å². The zero-order valence-corrected chi connectivity index (χ0v) is 35.4. The first kappa shape index (κ1) is 34.3. The molecule has 0 spiro atoms. The molecule has 4 heteroatoms. The van der Waals surface area contributed by atoms with E-state index >= 15 is 0 Å². The third kappa shape index (κ3) is 4.91. The summed E-state index contributed by atoms with van der Waals surface area (Å²) in [4.78, 5) is 0. The zero-order chi connectivity index (χ0) is 39.5. The average molecular weight is 787 g/mol. The van der Waals surface area contributed by atoms with Gasteiger partial charge in [-0.25, -0.2) is 0 Å². The van der Waals surface area contributed by atoms with Crippen molar-refractivity contribution in [1.82, 2.24) is 9.13 Å². The Labute approximate surface area is 345 Å². The van der Waals surface area contributed by atoms with Crippen molar-refractivity contribution in [1.29, 1.82) is 0 Å². The second-order valence-corrected chi connectivity index (χ2v) is 26.2. The van der Waals surface area contributed by atoms with Crippen molar-refractivity contribution in [3.05, 3.63) is 200 Å². The fourth-order valence-electron chi connectivity index (χ4n) is 10.4. The van der Waals surface area contributed by atoms with Gasteiger partial charge in [0.15, 0.2) is 8.07 Å². The maximum Gasteiger partial charge on any atom is 0.179 e. The summed E-state index contributed by atoms with van der Waals surface area (Å²) in [6.45, 7) is 7.32. The number of hydrogen-bond donors (Lipinski definition) is 0. The summed E-state index contributed by atoms with van der Waals surface area (Å²) in [5.74, 6) is 0. The fraction of sp³-hybridized carbons (Fsp3) is 0.0545. The van der Waals surface area contributed by atoms with Crippen LogP contribution in [0.25, 0.3) is 76.5 Å². The van der Waals surface area contributed by atoms with E-state index in [1.807, 2.05) is 0 Å². The van der Waals surface area contributed by atoms with Crippen molar-refractivity contribution >= 4 is 107 Å². The van der Waals surface area contributed by atoms with E-state index in [2.05, 4.69) is 229 Å². The van der Waals surface area contributed by atoms with Crippen LogP contribution in [0.1, 0.15) is 0 Å². The molecule has 10 aromatic carbocycles. The van der Waals surface area contributed by atoms with Crippen molar-refractivity contribution in [2.45, 2.75) is 19.6 Å². The van der Waals surface area contributed by atoms with Crippen molar-refractivity contribution in [2.24, 2.45) is 0 Å². The molecule has 0 fully saturated rings. The van der Waals surface area contributed by atoms with Gasteiger partial charge in [0.2, 0.25) is 0 Å². The van der Waals surface area contributed by atoms with Gasteiger partial charge in [-0.1, -0.05) is 176 Å². The smallest absolute Gasteiger partial charge is 0.179 e. The molecule has 0 radical (unpaired) electrons. The average Bonchev–Trinajstić information content (AvgIpc) is 3.81. The van der Waals surface area contributed by atoms with Crippen LogP contribution in [0.3, 0.4) is 0 Å². The number of nitrogens with zero attached hydrogens (tertiary/aromatic N) is 2. The first-order valence-corrected chi connectivity index (χ1v) is 26.3. The molecular weight excluding hydrogens is 745 g/mol. The van der Waals surface area contributed by atoms with Crippen molar-refractivity contribution < 1.29 is 0 Å². The molecule has 0 bridgehead atoms. The molecule has 2 aromatic heterocycles. The van der Waals surface area contributed by atoms with Crippen LogP contribution in [0.15, 0.2) is 200 Å². The lowest BCUT2D eigenvalue weighted by atomic mass is 10.0. The molecule has 0 atom stereocenters. The number of aromatic nitrogens is 2. The summed E-state index contributed by atoms with van der Waals surface area (Å²) in [7, 11) is -4.38. The molecule has 59 heavy (non-hydrogen) atoms. The number of rotatable bonds is 7. The van der Waals surface area contributed by atoms with Crippen LogP contribution in [0.2, 0.25) is 19.6 Å². The summed E-state index contributed by atoms with van der Waals surface area (Å²) in [5, 5.41) is 17.5. The van der Waals surface area contributed by atoms with Gasteiger partial charge in [0.25, 0.3) is 0 Å². The largest absolute Gasteiger partial charge is 0.309 e. The summed E-state index contributed by atoms with van der Waals surface area (Å²) in [6, 6.07) is 76.3. The lowest BCUT2D eigenvalue weighted by Gasteiger charge is -2.35. The Morgan fingerprint density at radius 3 is 0.915 bits per heavy atom. The number of hydrogen-bond acceptors (Lipinski definition) is 0. The highest BCUT2D eigenvalue weighted by Crippen LogP contribution is 2.40. The van der Waals surface area contributed by atoms with Gasteiger partial charge in [0.1, 0.15) is 0 Å². The van der Waals surface area contributed by atoms with Gasteiger partial charge >= 0.3 is 0 Å². The molecular formula is C55H42N2Si2. The number of benzene rings is 10. The Kier molecular flexibility index (Phi) is 7.35. The maximum atomic E-state index is 2.47. The van der Waals surface area contributed by atoms with E-state index in [1.54, 1.807) is 0 Å². The van der Waals surface area contributed by atoms with Crippen LogP contribution in [0.4, 0.5) is 0 Å². The Balaban J connectivity index is 1.09. The third-order valence-electron chi connectivity index (χ3n) is 13.2. The summed E-state index contributed by atoms with van der Waals surface area (Å²) in [5.41, 5.74) is 7.37. The monoisotopic (exact) mass is 786 g/mol. The highest BCUT2D eigenvalue weighted by Gasteiger charge is 2.42. The minimum Gasteiger partial charge on any atom is -0.309 e. The van der Waals surface area contributed by atoms with E-state index in [0.29, 0.717) is 0 Å². The van der Waals surface area contributed by atoms with E-state index in [4.69, 9.17) is 0 Å². The lowest BCUT2D eigenvalue weighted by Crippen LogP contribution is -2.74. The normalized spacial score (nSPS) is 12.7. The van der Waals surface area contributed by atoms with Crippen LogP contribution in [-0.4, -0.2) is 25.3 Å². The zero-order valence-electron chi connectivity index (χ0n) is 33.4. The van der Waals surface area contributed by atoms with Crippen molar-refractivity contribution in [3.8, 4) is 11.4 Å². The second-order valence-electron chi connectivity index (χ2n) is 17.3. The Bertz CT molecular complexity index is 3180. The Morgan fingerprint density at radius 2 is 0.576 bits per heavy atom. The predicted octanol–water partition coefficient (Wildman–Crippen LogP) is 11.0. The van der Waals surface area contributed by atoms with Gasteiger partial charge in [-0.15, -0.1) is 0 Å². The molecule has 0 saturated carbocycles. The SMILES string of the molecule is C[Si](C)(C)c1ccc([Si](c2ccccc2)(c2ccc(-n3c4cccc5ccc6cccc3c6c54)cc2)c2ccc(-n3c4cccc5ccc6cccc3c6c54)cc2)cc1. The van der Waals surface area contributed by atoms with Crippen molar-refractivity contribution in [3.63, 3.8) is 0 Å². The Hall–Kier alpha value is -6.73. The summed E-state index contributed by atoms with van der Waals surface area (Å²) < 4.78 is 4.93. The molecule has 12 aromatic rings. The third-order valence-corrected chi connectivity index (χ3v) is 20.0. The first-order valence-electron chi connectivity index (χ1n) is 20.8. The summed E-state index contributed by atoms with van der Waals surface area (Å²) in [6.07, 6.45) is 0. The van der Waals surface area contributed by atoms with Crippen molar-refractivity contribution in [2.75, 3.05) is 0 Å². The molecule has 0 amide bonds. The van der Waals surface area contributed by atoms with Crippen LogP contribution in [-0.2, 0) is 0 Å². The molecule has 12 rings (SSSR count). The fourth-order valence-corrected chi connectivity index (χ4v) is 16.3. The standard InChI is InChI=1S/C55H42N2Si2/c1-58(2,3)43-33-35-47(36-34-43)59(44-15-5-4-6-16-44,45-29-25-41(26-30-45)56-48-17-7-11-37-21-22-38-12-8-18-49(56)53(38)52(37)48)46-31-27-42(28-32-46)57-50-19-9-13-39-23-24-40-14-10-20-51(57)55(40)54(39)50/h4-36H,1-3H3. The van der Waals surface area contributed by atoms with Crippen LogP contribution < -0.4 is 25.9 Å². The van der Waals surface area contributed by atoms with Gasteiger partial charge in [0.05, 0.1) is 30.1 Å². The highest BCUT2D eigenvalue weighted by atomic mass is 28.3. The lowest BCUT2D eigenvalue weighted by molar-refractivity contribution is 1.18. The maximum absolute atomic E-state index is 2.85. The van der Waals surface area contributed by atoms with E-state index in [0.717, 1.165) is 0 Å². The molecule has 0 aliphatic rings. The van der Waals surface area contributed by atoms with Gasteiger partial charge in [0, 0.05) is 32.9 Å². The van der Waals surface area contributed by atoms with Gasteiger partial charge in [-0.3, -0.25) is 0 Å². The molecule has 2 heterocycles. The van der Waals surface area contributed by atoms with E-state index in [1.165, 1.54) is 102 Å². The molecule has 280 valence electrons. The van der Waals surface area contributed by atoms with Gasteiger partial charge in [-0.05, 0) is 90.8 Å². The first-order chi connectivity index (χ1) is 28.9. The molecule has 0 aliphatic heterocycles.